The Balaban J connectivity index is 1.39. The van der Waals surface area contributed by atoms with Crippen LogP contribution in [0.4, 0.5) is 0 Å². The highest BCUT2D eigenvalue weighted by atomic mass is 16.2. The van der Waals surface area contributed by atoms with Gasteiger partial charge in [0.05, 0.1) is 0 Å². The Morgan fingerprint density at radius 2 is 1.67 bits per heavy atom. The predicted molar refractivity (Wildman–Crippen MR) is 108 cm³/mol. The van der Waals surface area contributed by atoms with Crippen LogP contribution in [0.15, 0.2) is 60.7 Å². The molecule has 1 saturated heterocycles. The maximum Gasteiger partial charge on any atom is 0.220 e. The highest BCUT2D eigenvalue weighted by Crippen LogP contribution is 2.12. The SMILES string of the molecule is O=C(CCC(=O)c1ccccc1)NC1CCCN(CCc2ccccc2)C1. The van der Waals surface area contributed by atoms with Gasteiger partial charge < -0.3 is 10.2 Å². The molecule has 4 heteroatoms. The summed E-state index contributed by atoms with van der Waals surface area (Å²) < 4.78 is 0. The maximum atomic E-state index is 12.3. The first-order valence-corrected chi connectivity index (χ1v) is 9.84. The number of Topliss-reactive ketones (excluding diaryl/α,β-unsaturated/α-hetero) is 1. The second kappa shape index (κ2) is 10.0. The molecule has 2 aromatic carbocycles. The van der Waals surface area contributed by atoms with E-state index < -0.39 is 0 Å². The van der Waals surface area contributed by atoms with E-state index in [1.165, 1.54) is 5.56 Å². The lowest BCUT2D eigenvalue weighted by atomic mass is 10.0. The zero-order valence-corrected chi connectivity index (χ0v) is 15.8. The zero-order valence-electron chi connectivity index (χ0n) is 15.8. The van der Waals surface area contributed by atoms with Gasteiger partial charge in [0.1, 0.15) is 0 Å². The van der Waals surface area contributed by atoms with E-state index in [2.05, 4.69) is 34.5 Å². The highest BCUT2D eigenvalue weighted by Gasteiger charge is 2.21. The van der Waals surface area contributed by atoms with Crippen LogP contribution < -0.4 is 5.32 Å². The molecule has 4 nitrogen and oxygen atoms in total. The molecule has 1 aliphatic rings. The molecule has 0 aliphatic carbocycles. The number of hydrogen-bond acceptors (Lipinski definition) is 3. The average molecular weight is 364 g/mol. The molecule has 1 unspecified atom stereocenters. The summed E-state index contributed by atoms with van der Waals surface area (Å²) in [5, 5.41) is 3.12. The fourth-order valence-electron chi connectivity index (χ4n) is 3.60. The number of amides is 1. The Bertz CT molecular complexity index is 731. The molecule has 1 atom stereocenters. The molecule has 2 aromatic rings. The highest BCUT2D eigenvalue weighted by molar-refractivity contribution is 5.97. The Morgan fingerprint density at radius 1 is 0.963 bits per heavy atom. The average Bonchev–Trinajstić information content (AvgIpc) is 2.72. The van der Waals surface area contributed by atoms with Crippen molar-refractivity contribution in [3.63, 3.8) is 0 Å². The van der Waals surface area contributed by atoms with Crippen molar-refractivity contribution in [3.05, 3.63) is 71.8 Å². The Morgan fingerprint density at radius 3 is 2.41 bits per heavy atom. The molecule has 3 rings (SSSR count). The van der Waals surface area contributed by atoms with Crippen molar-refractivity contribution in [2.75, 3.05) is 19.6 Å². The van der Waals surface area contributed by atoms with Gasteiger partial charge in [0.2, 0.25) is 5.91 Å². The third kappa shape index (κ3) is 6.33. The number of nitrogens with one attached hydrogen (secondary N) is 1. The lowest BCUT2D eigenvalue weighted by Crippen LogP contribution is -2.48. The number of carbonyl (C=O) groups excluding carboxylic acids is 2. The van der Waals surface area contributed by atoms with Crippen LogP contribution in [-0.2, 0) is 11.2 Å². The summed E-state index contributed by atoms with van der Waals surface area (Å²) >= 11 is 0. The second-order valence-electron chi connectivity index (χ2n) is 7.23. The van der Waals surface area contributed by atoms with Gasteiger partial charge in [-0.25, -0.2) is 0 Å². The first-order chi connectivity index (χ1) is 13.2. The molecule has 1 aliphatic heterocycles. The first-order valence-electron chi connectivity index (χ1n) is 9.84. The van der Waals surface area contributed by atoms with E-state index in [9.17, 15) is 9.59 Å². The summed E-state index contributed by atoms with van der Waals surface area (Å²) in [7, 11) is 0. The molecular formula is C23H28N2O2. The molecule has 0 saturated carbocycles. The number of likely N-dealkylation sites (tertiary alicyclic amines) is 1. The maximum absolute atomic E-state index is 12.3. The van der Waals surface area contributed by atoms with Crippen LogP contribution in [-0.4, -0.2) is 42.3 Å². The molecule has 142 valence electrons. The minimum absolute atomic E-state index is 0.0193. The number of hydrogen-bond donors (Lipinski definition) is 1. The summed E-state index contributed by atoms with van der Waals surface area (Å²) in [4.78, 5) is 26.8. The Kier molecular flexibility index (Phi) is 7.17. The third-order valence-electron chi connectivity index (χ3n) is 5.11. The second-order valence-corrected chi connectivity index (χ2v) is 7.23. The van der Waals surface area contributed by atoms with Crippen molar-refractivity contribution >= 4 is 11.7 Å². The number of ketones is 1. The van der Waals surface area contributed by atoms with E-state index in [-0.39, 0.29) is 30.6 Å². The van der Waals surface area contributed by atoms with Gasteiger partial charge in [-0.2, -0.15) is 0 Å². The van der Waals surface area contributed by atoms with Crippen LogP contribution >= 0.6 is 0 Å². The Hall–Kier alpha value is -2.46. The van der Waals surface area contributed by atoms with E-state index in [4.69, 9.17) is 0 Å². The van der Waals surface area contributed by atoms with E-state index in [1.54, 1.807) is 12.1 Å². The van der Waals surface area contributed by atoms with Crippen molar-refractivity contribution in [1.29, 1.82) is 0 Å². The van der Waals surface area contributed by atoms with Gasteiger partial charge in [-0.1, -0.05) is 60.7 Å². The number of piperidine rings is 1. The third-order valence-corrected chi connectivity index (χ3v) is 5.11. The van der Waals surface area contributed by atoms with E-state index >= 15 is 0 Å². The molecule has 0 aromatic heterocycles. The van der Waals surface area contributed by atoms with Crippen LogP contribution in [0.3, 0.4) is 0 Å². The van der Waals surface area contributed by atoms with Crippen molar-refractivity contribution in [2.24, 2.45) is 0 Å². The molecule has 0 spiro atoms. The lowest BCUT2D eigenvalue weighted by molar-refractivity contribution is -0.122. The van der Waals surface area contributed by atoms with E-state index in [1.807, 2.05) is 24.3 Å². The summed E-state index contributed by atoms with van der Waals surface area (Å²) in [5.41, 5.74) is 2.03. The minimum Gasteiger partial charge on any atom is -0.352 e. The van der Waals surface area contributed by atoms with Crippen LogP contribution in [0.1, 0.15) is 41.6 Å². The van der Waals surface area contributed by atoms with Crippen LogP contribution in [0.25, 0.3) is 0 Å². The van der Waals surface area contributed by atoms with Gasteiger partial charge in [0, 0.05) is 37.5 Å². The summed E-state index contributed by atoms with van der Waals surface area (Å²) in [6, 6.07) is 19.9. The van der Waals surface area contributed by atoms with Gasteiger partial charge in [0.15, 0.2) is 5.78 Å². The number of rotatable bonds is 8. The molecule has 1 heterocycles. The molecule has 27 heavy (non-hydrogen) atoms. The summed E-state index contributed by atoms with van der Waals surface area (Å²) in [5.74, 6) is 0.00747. The van der Waals surface area contributed by atoms with Crippen LogP contribution in [0, 0.1) is 0 Å². The van der Waals surface area contributed by atoms with Crippen molar-refractivity contribution in [3.8, 4) is 0 Å². The zero-order chi connectivity index (χ0) is 18.9. The minimum atomic E-state index is -0.0193. The fourth-order valence-corrected chi connectivity index (χ4v) is 3.60. The first kappa shape index (κ1) is 19.3. The standard InChI is InChI=1S/C23H28N2O2/c26-22(20-10-5-2-6-11-20)13-14-23(27)24-21-12-7-16-25(18-21)17-15-19-8-3-1-4-9-19/h1-6,8-11,21H,7,12-18H2,(H,24,27). The largest absolute Gasteiger partial charge is 0.352 e. The molecule has 1 N–H and O–H groups in total. The van der Waals surface area contributed by atoms with Gasteiger partial charge in [-0.15, -0.1) is 0 Å². The van der Waals surface area contributed by atoms with Gasteiger partial charge in [-0.05, 0) is 31.4 Å². The van der Waals surface area contributed by atoms with Crippen molar-refractivity contribution in [1.82, 2.24) is 10.2 Å². The van der Waals surface area contributed by atoms with Gasteiger partial charge in [-0.3, -0.25) is 9.59 Å². The summed E-state index contributed by atoms with van der Waals surface area (Å²) in [6.07, 6.45) is 3.67. The number of benzene rings is 2. The van der Waals surface area contributed by atoms with E-state index in [0.717, 1.165) is 38.9 Å². The van der Waals surface area contributed by atoms with Crippen LogP contribution in [0.5, 0.6) is 0 Å². The Labute approximate surface area is 161 Å². The number of carbonyl (C=O) groups is 2. The molecule has 1 amide bonds. The molecule has 1 fully saturated rings. The van der Waals surface area contributed by atoms with Gasteiger partial charge in [0.25, 0.3) is 0 Å². The fraction of sp³-hybridized carbons (Fsp3) is 0.391. The van der Waals surface area contributed by atoms with Gasteiger partial charge >= 0.3 is 0 Å². The lowest BCUT2D eigenvalue weighted by Gasteiger charge is -2.33. The molecule has 0 bridgehead atoms. The monoisotopic (exact) mass is 364 g/mol. The topological polar surface area (TPSA) is 49.4 Å². The normalized spacial score (nSPS) is 17.4. The van der Waals surface area contributed by atoms with Crippen molar-refractivity contribution < 1.29 is 9.59 Å². The van der Waals surface area contributed by atoms with E-state index in [0.29, 0.717) is 5.56 Å². The molecule has 0 radical (unpaired) electrons. The number of nitrogens with zero attached hydrogens (tertiary/aromatic N) is 1. The van der Waals surface area contributed by atoms with Crippen LogP contribution in [0.2, 0.25) is 0 Å². The predicted octanol–water partition coefficient (Wildman–Crippen LogP) is 3.47. The molecular weight excluding hydrogens is 336 g/mol. The summed E-state index contributed by atoms with van der Waals surface area (Å²) in [6.45, 7) is 3.00. The quantitative estimate of drug-likeness (QED) is 0.730. The smallest absolute Gasteiger partial charge is 0.220 e. The van der Waals surface area contributed by atoms with Crippen molar-refractivity contribution in [2.45, 2.75) is 38.1 Å².